The Kier molecular flexibility index (Phi) is 5.00. The van der Waals surface area contributed by atoms with E-state index in [1.807, 2.05) is 12.1 Å². The molecule has 3 nitrogen and oxygen atoms in total. The van der Waals surface area contributed by atoms with Gasteiger partial charge in [0.15, 0.2) is 0 Å². The van der Waals surface area contributed by atoms with Gasteiger partial charge in [0.05, 0.1) is 0 Å². The molecule has 0 atom stereocenters. The molecule has 142 valence electrons. The summed E-state index contributed by atoms with van der Waals surface area (Å²) >= 11 is 0. The third-order valence-electron chi connectivity index (χ3n) is 6.21. The lowest BCUT2D eigenvalue weighted by Crippen LogP contribution is -2.52. The van der Waals surface area contributed by atoms with Gasteiger partial charge in [-0.15, -0.1) is 0 Å². The molecule has 2 aromatic carbocycles. The molecule has 0 aliphatic carbocycles. The molecule has 2 aliphatic rings. The van der Waals surface area contributed by atoms with Crippen molar-refractivity contribution in [2.75, 3.05) is 13.1 Å². The summed E-state index contributed by atoms with van der Waals surface area (Å²) in [6, 6.07) is 15.3. The van der Waals surface area contributed by atoms with Crippen LogP contribution >= 0.6 is 0 Å². The number of piperidine rings is 1. The monoisotopic (exact) mass is 366 g/mol. The second kappa shape index (κ2) is 7.43. The van der Waals surface area contributed by atoms with Gasteiger partial charge in [-0.05, 0) is 49.4 Å². The molecule has 27 heavy (non-hydrogen) atoms. The van der Waals surface area contributed by atoms with E-state index in [9.17, 15) is 9.18 Å². The van der Waals surface area contributed by atoms with Gasteiger partial charge in [0, 0.05) is 38.1 Å². The van der Waals surface area contributed by atoms with Gasteiger partial charge in [-0.3, -0.25) is 9.69 Å². The van der Waals surface area contributed by atoms with Gasteiger partial charge in [-0.1, -0.05) is 42.0 Å². The molecule has 2 aliphatic heterocycles. The van der Waals surface area contributed by atoms with Gasteiger partial charge >= 0.3 is 0 Å². The minimum Gasteiger partial charge on any atom is -0.333 e. The van der Waals surface area contributed by atoms with Crippen molar-refractivity contribution in [3.63, 3.8) is 0 Å². The lowest BCUT2D eigenvalue weighted by Gasteiger charge is -2.45. The maximum Gasteiger partial charge on any atom is 0.223 e. The fraction of sp³-hybridized carbons (Fsp3) is 0.435. The fourth-order valence-corrected chi connectivity index (χ4v) is 4.62. The molecule has 2 heterocycles. The van der Waals surface area contributed by atoms with Crippen LogP contribution in [0.15, 0.2) is 48.5 Å². The number of nitrogens with zero attached hydrogens (tertiary/aromatic N) is 2. The van der Waals surface area contributed by atoms with Crippen LogP contribution in [0.3, 0.4) is 0 Å². The number of hydrogen-bond acceptors (Lipinski definition) is 2. The van der Waals surface area contributed by atoms with Gasteiger partial charge in [0.25, 0.3) is 0 Å². The number of aryl methyl sites for hydroxylation is 1. The van der Waals surface area contributed by atoms with Crippen molar-refractivity contribution in [1.82, 2.24) is 9.80 Å². The van der Waals surface area contributed by atoms with Crippen molar-refractivity contribution < 1.29 is 9.18 Å². The number of hydrogen-bond donors (Lipinski definition) is 0. The van der Waals surface area contributed by atoms with E-state index in [1.54, 1.807) is 0 Å². The minimum atomic E-state index is -0.187. The van der Waals surface area contributed by atoms with Gasteiger partial charge < -0.3 is 4.90 Å². The zero-order valence-corrected chi connectivity index (χ0v) is 16.0. The molecule has 2 fully saturated rings. The first-order valence-corrected chi connectivity index (χ1v) is 9.87. The number of benzene rings is 2. The van der Waals surface area contributed by atoms with Crippen LogP contribution in [-0.4, -0.2) is 34.3 Å². The molecule has 1 spiro atoms. The number of halogens is 1. The Hall–Kier alpha value is -2.20. The predicted molar refractivity (Wildman–Crippen MR) is 105 cm³/mol. The second-order valence-electron chi connectivity index (χ2n) is 8.10. The third kappa shape index (κ3) is 3.91. The smallest absolute Gasteiger partial charge is 0.223 e. The highest BCUT2D eigenvalue weighted by atomic mass is 19.1. The van der Waals surface area contributed by atoms with Gasteiger partial charge in [-0.2, -0.15) is 0 Å². The highest BCUT2D eigenvalue weighted by molar-refractivity contribution is 5.79. The van der Waals surface area contributed by atoms with Crippen LogP contribution in [0.25, 0.3) is 0 Å². The quantitative estimate of drug-likeness (QED) is 0.806. The summed E-state index contributed by atoms with van der Waals surface area (Å²) in [6.07, 6.45) is 3.68. The van der Waals surface area contributed by atoms with Crippen molar-refractivity contribution in [2.24, 2.45) is 0 Å². The largest absolute Gasteiger partial charge is 0.333 e. The van der Waals surface area contributed by atoms with Crippen molar-refractivity contribution >= 4 is 5.91 Å². The van der Waals surface area contributed by atoms with Gasteiger partial charge in [-0.25, -0.2) is 4.39 Å². The van der Waals surface area contributed by atoms with Crippen molar-refractivity contribution in [1.29, 1.82) is 0 Å². The molecular weight excluding hydrogens is 339 g/mol. The van der Waals surface area contributed by atoms with E-state index in [4.69, 9.17) is 0 Å². The van der Waals surface area contributed by atoms with Crippen LogP contribution in [0.5, 0.6) is 0 Å². The van der Waals surface area contributed by atoms with E-state index >= 15 is 0 Å². The van der Waals surface area contributed by atoms with Crippen LogP contribution in [0, 0.1) is 12.7 Å². The fourth-order valence-electron chi connectivity index (χ4n) is 4.62. The topological polar surface area (TPSA) is 23.6 Å². The third-order valence-corrected chi connectivity index (χ3v) is 6.21. The van der Waals surface area contributed by atoms with E-state index in [1.165, 1.54) is 23.3 Å². The maximum atomic E-state index is 13.1. The van der Waals surface area contributed by atoms with E-state index < -0.39 is 0 Å². The molecule has 0 radical (unpaired) electrons. The molecule has 4 heteroatoms. The highest BCUT2D eigenvalue weighted by Gasteiger charge is 2.46. The van der Waals surface area contributed by atoms with Crippen LogP contribution in [0.2, 0.25) is 0 Å². The lowest BCUT2D eigenvalue weighted by molar-refractivity contribution is -0.133. The van der Waals surface area contributed by atoms with Gasteiger partial charge in [0.1, 0.15) is 5.82 Å². The Morgan fingerprint density at radius 1 is 0.963 bits per heavy atom. The SMILES string of the molecule is Cc1cccc(CN2C(=O)CCC23CCN(Cc2ccc(F)cc2)CC3)c1. The molecular formula is C23H27FN2O. The Morgan fingerprint density at radius 2 is 1.70 bits per heavy atom. The minimum absolute atomic E-state index is 0.0140. The first-order chi connectivity index (χ1) is 13.0. The van der Waals surface area contributed by atoms with Crippen molar-refractivity contribution in [2.45, 2.75) is 51.2 Å². The molecule has 1 amide bonds. The van der Waals surface area contributed by atoms with E-state index in [0.29, 0.717) is 12.3 Å². The van der Waals surface area contributed by atoms with Crippen molar-refractivity contribution in [3.05, 3.63) is 71.0 Å². The number of carbonyl (C=O) groups excluding carboxylic acids is 1. The molecule has 2 saturated heterocycles. The Bertz CT molecular complexity index is 809. The maximum absolute atomic E-state index is 13.1. The summed E-state index contributed by atoms with van der Waals surface area (Å²) < 4.78 is 13.1. The summed E-state index contributed by atoms with van der Waals surface area (Å²) in [5.41, 5.74) is 3.62. The van der Waals surface area contributed by atoms with E-state index in [0.717, 1.165) is 51.0 Å². The number of amides is 1. The molecule has 0 unspecified atom stereocenters. The zero-order chi connectivity index (χ0) is 18.9. The highest BCUT2D eigenvalue weighted by Crippen LogP contribution is 2.40. The van der Waals surface area contributed by atoms with Crippen LogP contribution in [0.4, 0.5) is 4.39 Å². The molecule has 0 aromatic heterocycles. The molecule has 0 saturated carbocycles. The molecule has 0 N–H and O–H groups in total. The predicted octanol–water partition coefficient (Wildman–Crippen LogP) is 4.29. The van der Waals surface area contributed by atoms with E-state index in [-0.39, 0.29) is 11.4 Å². The normalized spacial score (nSPS) is 19.8. The van der Waals surface area contributed by atoms with Crippen LogP contribution < -0.4 is 0 Å². The average Bonchev–Trinajstić information content (AvgIpc) is 2.95. The molecule has 0 bridgehead atoms. The van der Waals surface area contributed by atoms with E-state index in [2.05, 4.69) is 41.0 Å². The lowest BCUT2D eigenvalue weighted by atomic mass is 9.84. The van der Waals surface area contributed by atoms with Gasteiger partial charge in [0.2, 0.25) is 5.91 Å². The zero-order valence-electron chi connectivity index (χ0n) is 16.0. The van der Waals surface area contributed by atoms with Crippen molar-refractivity contribution in [3.8, 4) is 0 Å². The second-order valence-corrected chi connectivity index (χ2v) is 8.10. The Morgan fingerprint density at radius 3 is 2.41 bits per heavy atom. The van der Waals surface area contributed by atoms with Crippen LogP contribution in [-0.2, 0) is 17.9 Å². The summed E-state index contributed by atoms with van der Waals surface area (Å²) in [4.78, 5) is 17.2. The first-order valence-electron chi connectivity index (χ1n) is 9.87. The Balaban J connectivity index is 1.42. The number of rotatable bonds is 4. The molecule has 4 rings (SSSR count). The standard InChI is InChI=1S/C23H27FN2O/c1-18-3-2-4-20(15-18)17-26-22(27)9-10-23(26)11-13-25(14-12-23)16-19-5-7-21(24)8-6-19/h2-8,15H,9-14,16-17H2,1H3. The average molecular weight is 366 g/mol. The number of likely N-dealkylation sites (tertiary alicyclic amines) is 2. The summed E-state index contributed by atoms with van der Waals surface area (Å²) in [7, 11) is 0. The summed E-state index contributed by atoms with van der Waals surface area (Å²) in [6.45, 7) is 5.63. The first kappa shape index (κ1) is 18.2. The molecule has 2 aromatic rings. The van der Waals surface area contributed by atoms with Crippen LogP contribution in [0.1, 0.15) is 42.4 Å². The summed E-state index contributed by atoms with van der Waals surface area (Å²) in [5, 5.41) is 0. The Labute approximate surface area is 160 Å². The summed E-state index contributed by atoms with van der Waals surface area (Å²) in [5.74, 6) is 0.107. The number of carbonyl (C=O) groups is 1.